The van der Waals surface area contributed by atoms with E-state index in [-0.39, 0.29) is 0 Å². The molecule has 0 aromatic heterocycles. The van der Waals surface area contributed by atoms with E-state index in [1.54, 1.807) is 0 Å². The first-order chi connectivity index (χ1) is 1.91. The Labute approximate surface area is 24.9 Å². The highest BCUT2D eigenvalue weighted by molar-refractivity contribution is 4.74. The molecule has 0 saturated heterocycles. The molecule has 0 heterocycles. The maximum absolute atomic E-state index is 10.5. The van der Waals surface area contributed by atoms with Crippen molar-refractivity contribution in [1.29, 1.82) is 0 Å². The van der Waals surface area contributed by atoms with Crippen molar-refractivity contribution in [2.45, 2.75) is 0 Å². The molecular weight excluding hydrogens is 55.0 g/mol. The van der Waals surface area contributed by atoms with Gasteiger partial charge >= 0.3 is 0 Å². The fourth-order valence-corrected chi connectivity index (χ4v) is 0. The predicted octanol–water partition coefficient (Wildman–Crippen LogP) is 1.30. The molecule has 0 aliphatic rings. The first-order valence-corrected chi connectivity index (χ1v) is 0.960. The summed E-state index contributed by atoms with van der Waals surface area (Å²) in [5, 5.41) is 0. The van der Waals surface area contributed by atoms with Crippen molar-refractivity contribution in [3.63, 3.8) is 0 Å². The van der Waals surface area contributed by atoms with Crippen LogP contribution in [0.4, 0.5) is 4.39 Å². The molecule has 1 radical (unpaired) electrons. The summed E-state index contributed by atoms with van der Waals surface area (Å²) >= 11 is 0. The molecule has 0 amide bonds. The zero-order chi connectivity index (χ0) is 3.41. The first kappa shape index (κ1) is 3.67. The predicted molar refractivity (Wildman–Crippen MR) is 15.6 cm³/mol. The standard InChI is InChI=1S/C3H4F/c1-2-3-4/h2-3H,1H2. The van der Waals surface area contributed by atoms with Gasteiger partial charge in [-0.25, -0.2) is 4.39 Å². The molecule has 4 heavy (non-hydrogen) atoms. The van der Waals surface area contributed by atoms with Crippen LogP contribution in [0, 0.1) is 6.67 Å². The maximum Gasteiger partial charge on any atom is 0.153 e. The van der Waals surface area contributed by atoms with E-state index in [1.807, 2.05) is 0 Å². The second kappa shape index (κ2) is 2.67. The maximum atomic E-state index is 10.5. The zero-order valence-electron chi connectivity index (χ0n) is 2.24. The van der Waals surface area contributed by atoms with E-state index in [0.29, 0.717) is 6.67 Å². The van der Waals surface area contributed by atoms with Gasteiger partial charge in [0.05, 0.1) is 0 Å². The molecule has 0 fully saturated rings. The summed E-state index contributed by atoms with van der Waals surface area (Å²) in [4.78, 5) is 0. The van der Waals surface area contributed by atoms with Crippen molar-refractivity contribution in [3.8, 4) is 0 Å². The highest BCUT2D eigenvalue weighted by atomic mass is 19.1. The molecule has 0 N–H and O–H groups in total. The molecule has 0 atom stereocenters. The Kier molecular flexibility index (Phi) is 2.45. The molecule has 0 saturated carbocycles. The highest BCUT2D eigenvalue weighted by Gasteiger charge is 1.52. The summed E-state index contributed by atoms with van der Waals surface area (Å²) in [6.45, 7) is 3.44. The van der Waals surface area contributed by atoms with Crippen molar-refractivity contribution in [2.75, 3.05) is 0 Å². The SMILES string of the molecule is C=C[CH]F. The smallest absolute Gasteiger partial charge is 0.153 e. The molecule has 0 spiro atoms. The molecule has 23 valence electrons. The van der Waals surface area contributed by atoms with Crippen LogP contribution >= 0.6 is 0 Å². The lowest BCUT2D eigenvalue weighted by Crippen LogP contribution is -1.34. The average Bonchev–Trinajstić information content (AvgIpc) is 1.37. The Morgan fingerprint density at radius 2 is 2.00 bits per heavy atom. The number of halogens is 1. The second-order valence-corrected chi connectivity index (χ2v) is 0.362. The van der Waals surface area contributed by atoms with Gasteiger partial charge in [-0.15, -0.1) is 6.58 Å². The summed E-state index contributed by atoms with van der Waals surface area (Å²) in [6.07, 6.45) is 1.08. The lowest BCUT2D eigenvalue weighted by molar-refractivity contribution is 0.657. The molecular formula is C3H4F. The van der Waals surface area contributed by atoms with E-state index >= 15 is 0 Å². The van der Waals surface area contributed by atoms with Gasteiger partial charge in [0.1, 0.15) is 0 Å². The van der Waals surface area contributed by atoms with Crippen molar-refractivity contribution < 1.29 is 4.39 Å². The Morgan fingerprint density at radius 1 is 1.75 bits per heavy atom. The molecule has 1 heteroatoms. The van der Waals surface area contributed by atoms with Gasteiger partial charge in [-0.3, -0.25) is 0 Å². The van der Waals surface area contributed by atoms with Gasteiger partial charge in [0.25, 0.3) is 0 Å². The minimum absolute atomic E-state index is 0.389. The summed E-state index contributed by atoms with van der Waals surface area (Å²) < 4.78 is 10.5. The van der Waals surface area contributed by atoms with Crippen LogP contribution in [0.5, 0.6) is 0 Å². The van der Waals surface area contributed by atoms with E-state index < -0.39 is 0 Å². The van der Waals surface area contributed by atoms with Crippen LogP contribution in [0.15, 0.2) is 12.7 Å². The summed E-state index contributed by atoms with van der Waals surface area (Å²) in [7, 11) is 0. The van der Waals surface area contributed by atoms with Crippen LogP contribution in [0.1, 0.15) is 0 Å². The van der Waals surface area contributed by atoms with Crippen molar-refractivity contribution in [3.05, 3.63) is 19.3 Å². The monoisotopic (exact) mass is 59.0 g/mol. The van der Waals surface area contributed by atoms with Gasteiger partial charge < -0.3 is 0 Å². The molecule has 0 bridgehead atoms. The number of hydrogen-bond donors (Lipinski definition) is 0. The summed E-state index contributed by atoms with van der Waals surface area (Å²) in [6, 6.07) is 0. The van der Waals surface area contributed by atoms with Gasteiger partial charge in [-0.2, -0.15) is 0 Å². The minimum atomic E-state index is 0.389. The van der Waals surface area contributed by atoms with Gasteiger partial charge in [-0.05, 0) is 0 Å². The second-order valence-electron chi connectivity index (χ2n) is 0.362. The Hall–Kier alpha value is -0.330. The Balaban J connectivity index is 2.30. The lowest BCUT2D eigenvalue weighted by atomic mass is 10.7. The molecule has 0 aromatic rings. The van der Waals surface area contributed by atoms with Gasteiger partial charge in [0, 0.05) is 0 Å². The lowest BCUT2D eigenvalue weighted by Gasteiger charge is -1.52. The first-order valence-electron chi connectivity index (χ1n) is 0.960. The van der Waals surface area contributed by atoms with Crippen LogP contribution in [-0.4, -0.2) is 0 Å². The summed E-state index contributed by atoms with van der Waals surface area (Å²) in [5.41, 5.74) is 0. The fourth-order valence-electron chi connectivity index (χ4n) is 0. The van der Waals surface area contributed by atoms with Crippen LogP contribution < -0.4 is 0 Å². The van der Waals surface area contributed by atoms with Crippen LogP contribution in [0.3, 0.4) is 0 Å². The number of allylic oxidation sites excluding steroid dienone is 1. The largest absolute Gasteiger partial charge is 0.239 e. The van der Waals surface area contributed by atoms with E-state index in [2.05, 4.69) is 6.58 Å². The molecule has 0 aliphatic heterocycles. The Bertz CT molecular complexity index is 17.2. The third-order valence-electron chi connectivity index (χ3n) is 0.0891. The Morgan fingerprint density at radius 3 is 2.00 bits per heavy atom. The topological polar surface area (TPSA) is 0 Å². The van der Waals surface area contributed by atoms with Crippen molar-refractivity contribution in [2.24, 2.45) is 0 Å². The zero-order valence-corrected chi connectivity index (χ0v) is 2.24. The van der Waals surface area contributed by atoms with Crippen LogP contribution in [-0.2, 0) is 0 Å². The van der Waals surface area contributed by atoms with E-state index in [4.69, 9.17) is 0 Å². The van der Waals surface area contributed by atoms with Gasteiger partial charge in [0.15, 0.2) is 6.67 Å². The fraction of sp³-hybridized carbons (Fsp3) is 0. The normalized spacial score (nSPS) is 6.25. The molecule has 0 aromatic carbocycles. The third-order valence-corrected chi connectivity index (χ3v) is 0.0891. The summed E-state index contributed by atoms with van der Waals surface area (Å²) in [5.74, 6) is 0. The van der Waals surface area contributed by atoms with E-state index in [9.17, 15) is 4.39 Å². The minimum Gasteiger partial charge on any atom is -0.239 e. The van der Waals surface area contributed by atoms with E-state index in [0.717, 1.165) is 6.08 Å². The van der Waals surface area contributed by atoms with E-state index in [1.165, 1.54) is 0 Å². The van der Waals surface area contributed by atoms with Gasteiger partial charge in [-0.1, -0.05) is 6.08 Å². The third kappa shape index (κ3) is 1.67. The molecule has 0 nitrogen and oxygen atoms in total. The average molecular weight is 59.1 g/mol. The molecule has 0 aliphatic carbocycles. The number of rotatable bonds is 1. The molecule has 0 rings (SSSR count). The quantitative estimate of drug-likeness (QED) is 0.427. The van der Waals surface area contributed by atoms with Crippen LogP contribution in [0.2, 0.25) is 0 Å². The van der Waals surface area contributed by atoms with Crippen LogP contribution in [0.25, 0.3) is 0 Å². The van der Waals surface area contributed by atoms with Crippen molar-refractivity contribution >= 4 is 0 Å². The molecule has 0 unspecified atom stereocenters. The van der Waals surface area contributed by atoms with Crippen molar-refractivity contribution in [1.82, 2.24) is 0 Å². The van der Waals surface area contributed by atoms with Gasteiger partial charge in [0.2, 0.25) is 0 Å². The highest BCUT2D eigenvalue weighted by Crippen LogP contribution is 1.69. The number of hydrogen-bond acceptors (Lipinski definition) is 0.